The molecule has 0 radical (unpaired) electrons. The number of rotatable bonds is 4. The van der Waals surface area contributed by atoms with Crippen molar-refractivity contribution in [2.75, 3.05) is 11.9 Å². The third-order valence-corrected chi connectivity index (χ3v) is 3.77. The maximum Gasteiger partial charge on any atom is 0.124 e. The van der Waals surface area contributed by atoms with Gasteiger partial charge in [-0.25, -0.2) is 4.39 Å². The number of benzene rings is 1. The molecule has 0 aliphatic heterocycles. The fourth-order valence-electron chi connectivity index (χ4n) is 2.52. The van der Waals surface area contributed by atoms with Gasteiger partial charge in [0.2, 0.25) is 0 Å². The van der Waals surface area contributed by atoms with Crippen LogP contribution in [0.4, 0.5) is 10.1 Å². The van der Waals surface area contributed by atoms with Crippen LogP contribution in [0.2, 0.25) is 0 Å². The van der Waals surface area contributed by atoms with Crippen molar-refractivity contribution in [1.29, 1.82) is 0 Å². The lowest BCUT2D eigenvalue weighted by Crippen LogP contribution is -2.19. The van der Waals surface area contributed by atoms with E-state index < -0.39 is 0 Å². The molecule has 0 aromatic heterocycles. The van der Waals surface area contributed by atoms with Crippen LogP contribution >= 0.6 is 12.2 Å². The van der Waals surface area contributed by atoms with Gasteiger partial charge in [0.05, 0.1) is 0 Å². The van der Waals surface area contributed by atoms with E-state index in [1.54, 1.807) is 6.07 Å². The quantitative estimate of drug-likeness (QED) is 0.820. The fraction of sp³-hybridized carbons (Fsp3) is 0.500. The van der Waals surface area contributed by atoms with Gasteiger partial charge in [-0.2, -0.15) is 0 Å². The summed E-state index contributed by atoms with van der Waals surface area (Å²) in [6.45, 7) is 0.918. The molecule has 0 bridgehead atoms. The van der Waals surface area contributed by atoms with Crippen LogP contribution in [-0.4, -0.2) is 11.5 Å². The molecule has 1 aromatic rings. The predicted molar refractivity (Wildman–Crippen MR) is 77.4 cm³/mol. The Labute approximate surface area is 113 Å². The zero-order chi connectivity index (χ0) is 13.0. The van der Waals surface area contributed by atoms with Gasteiger partial charge in [-0.05, 0) is 37.0 Å². The Bertz CT molecular complexity index is 428. The first-order valence-electron chi connectivity index (χ1n) is 6.50. The van der Waals surface area contributed by atoms with Gasteiger partial charge in [-0.15, -0.1) is 0 Å². The van der Waals surface area contributed by atoms with Gasteiger partial charge in [-0.3, -0.25) is 0 Å². The van der Waals surface area contributed by atoms with Gasteiger partial charge >= 0.3 is 0 Å². The van der Waals surface area contributed by atoms with Gasteiger partial charge < -0.3 is 11.1 Å². The van der Waals surface area contributed by atoms with Gasteiger partial charge in [0.25, 0.3) is 0 Å². The standard InChI is InChI=1S/C14H19FN2S/c15-11-6-7-13(12(8-11)14(16)18)17-9-10-4-2-1-3-5-10/h6-8,10,17H,1-5,9H2,(H2,16,18). The molecule has 1 aliphatic rings. The van der Waals surface area contributed by atoms with Crippen LogP contribution in [0, 0.1) is 11.7 Å². The molecule has 2 nitrogen and oxygen atoms in total. The predicted octanol–water partition coefficient (Wildman–Crippen LogP) is 3.45. The van der Waals surface area contributed by atoms with Gasteiger partial charge in [0.15, 0.2) is 0 Å². The van der Waals surface area contributed by atoms with E-state index in [0.717, 1.165) is 12.2 Å². The molecule has 2 rings (SSSR count). The Morgan fingerprint density at radius 1 is 1.33 bits per heavy atom. The van der Waals surface area contributed by atoms with Gasteiger partial charge in [-0.1, -0.05) is 31.5 Å². The minimum atomic E-state index is -0.305. The molecule has 3 N–H and O–H groups in total. The van der Waals surface area contributed by atoms with Crippen LogP contribution in [0.1, 0.15) is 37.7 Å². The molecule has 1 aromatic carbocycles. The number of nitrogens with one attached hydrogen (secondary N) is 1. The Morgan fingerprint density at radius 2 is 2.06 bits per heavy atom. The Balaban J connectivity index is 2.01. The van der Waals surface area contributed by atoms with Crippen LogP contribution < -0.4 is 11.1 Å². The molecule has 0 spiro atoms. The average Bonchev–Trinajstić information content (AvgIpc) is 2.38. The molecule has 1 aliphatic carbocycles. The van der Waals surface area contributed by atoms with E-state index in [4.69, 9.17) is 18.0 Å². The summed E-state index contributed by atoms with van der Waals surface area (Å²) >= 11 is 4.95. The van der Waals surface area contributed by atoms with Crippen molar-refractivity contribution in [1.82, 2.24) is 0 Å². The van der Waals surface area contributed by atoms with E-state index >= 15 is 0 Å². The first-order chi connectivity index (χ1) is 8.66. The summed E-state index contributed by atoms with van der Waals surface area (Å²) in [5, 5.41) is 3.36. The molecular formula is C14H19FN2S. The van der Waals surface area contributed by atoms with Crippen LogP contribution in [0.25, 0.3) is 0 Å². The first-order valence-corrected chi connectivity index (χ1v) is 6.91. The molecule has 0 unspecified atom stereocenters. The van der Waals surface area contributed by atoms with Crippen molar-refractivity contribution in [3.8, 4) is 0 Å². The highest BCUT2D eigenvalue weighted by molar-refractivity contribution is 7.80. The summed E-state index contributed by atoms with van der Waals surface area (Å²) in [6, 6.07) is 4.54. The Morgan fingerprint density at radius 3 is 2.72 bits per heavy atom. The topological polar surface area (TPSA) is 38.0 Å². The Hall–Kier alpha value is -1.16. The van der Waals surface area contributed by atoms with Gasteiger partial charge in [0.1, 0.15) is 10.8 Å². The van der Waals surface area contributed by atoms with E-state index in [0.29, 0.717) is 11.5 Å². The zero-order valence-electron chi connectivity index (χ0n) is 10.4. The minimum absolute atomic E-state index is 0.237. The molecule has 0 heterocycles. The van der Waals surface area contributed by atoms with E-state index in [1.165, 1.54) is 44.2 Å². The van der Waals surface area contributed by atoms with Crippen molar-refractivity contribution in [2.45, 2.75) is 32.1 Å². The maximum atomic E-state index is 13.2. The highest BCUT2D eigenvalue weighted by Gasteiger charge is 2.14. The molecule has 98 valence electrons. The van der Waals surface area contributed by atoms with Crippen LogP contribution in [0.5, 0.6) is 0 Å². The molecule has 1 fully saturated rings. The summed E-state index contributed by atoms with van der Waals surface area (Å²) in [5.74, 6) is 0.406. The number of nitrogens with two attached hydrogens (primary N) is 1. The second kappa shape index (κ2) is 6.14. The highest BCUT2D eigenvalue weighted by atomic mass is 32.1. The number of halogens is 1. The van der Waals surface area contributed by atoms with Gasteiger partial charge in [0, 0.05) is 17.8 Å². The third kappa shape index (κ3) is 3.42. The molecule has 18 heavy (non-hydrogen) atoms. The lowest BCUT2D eigenvalue weighted by molar-refractivity contribution is 0.373. The highest BCUT2D eigenvalue weighted by Crippen LogP contribution is 2.25. The summed E-state index contributed by atoms with van der Waals surface area (Å²) in [5.41, 5.74) is 7.06. The van der Waals surface area contributed by atoms with Crippen molar-refractivity contribution < 1.29 is 4.39 Å². The number of hydrogen-bond donors (Lipinski definition) is 2. The maximum absolute atomic E-state index is 13.2. The summed E-state index contributed by atoms with van der Waals surface area (Å²) in [4.78, 5) is 0.237. The lowest BCUT2D eigenvalue weighted by Gasteiger charge is -2.23. The number of thiocarbonyl (C=S) groups is 1. The zero-order valence-corrected chi connectivity index (χ0v) is 11.2. The lowest BCUT2D eigenvalue weighted by atomic mass is 9.89. The molecular weight excluding hydrogens is 247 g/mol. The summed E-state index contributed by atoms with van der Waals surface area (Å²) < 4.78 is 13.2. The SMILES string of the molecule is NC(=S)c1cc(F)ccc1NCC1CCCCC1. The largest absolute Gasteiger partial charge is 0.389 e. The van der Waals surface area contributed by atoms with Crippen LogP contribution in [-0.2, 0) is 0 Å². The van der Waals surface area contributed by atoms with Crippen LogP contribution in [0.3, 0.4) is 0 Å². The monoisotopic (exact) mass is 266 g/mol. The van der Waals surface area contributed by atoms with E-state index in [2.05, 4.69) is 5.32 Å². The van der Waals surface area contributed by atoms with Crippen molar-refractivity contribution in [3.63, 3.8) is 0 Å². The minimum Gasteiger partial charge on any atom is -0.389 e. The number of anilines is 1. The normalized spacial score (nSPS) is 16.5. The summed E-state index contributed by atoms with van der Waals surface area (Å²) in [6.07, 6.45) is 6.54. The van der Waals surface area contributed by atoms with Crippen molar-refractivity contribution >= 4 is 22.9 Å². The van der Waals surface area contributed by atoms with E-state index in [-0.39, 0.29) is 10.8 Å². The molecule has 1 saturated carbocycles. The molecule has 0 saturated heterocycles. The first kappa shape index (κ1) is 13.3. The van der Waals surface area contributed by atoms with E-state index in [9.17, 15) is 4.39 Å². The second-order valence-corrected chi connectivity index (χ2v) is 5.38. The smallest absolute Gasteiger partial charge is 0.124 e. The van der Waals surface area contributed by atoms with Crippen LogP contribution in [0.15, 0.2) is 18.2 Å². The van der Waals surface area contributed by atoms with E-state index in [1.807, 2.05) is 0 Å². The Kier molecular flexibility index (Phi) is 4.53. The molecule has 4 heteroatoms. The van der Waals surface area contributed by atoms with Crippen molar-refractivity contribution in [3.05, 3.63) is 29.6 Å². The molecule has 0 amide bonds. The third-order valence-electron chi connectivity index (χ3n) is 3.55. The average molecular weight is 266 g/mol. The second-order valence-electron chi connectivity index (χ2n) is 4.94. The fourth-order valence-corrected chi connectivity index (χ4v) is 2.69. The summed E-state index contributed by atoms with van der Waals surface area (Å²) in [7, 11) is 0. The van der Waals surface area contributed by atoms with Crippen molar-refractivity contribution in [2.24, 2.45) is 11.7 Å². The molecule has 0 atom stereocenters. The number of hydrogen-bond acceptors (Lipinski definition) is 2.